The fraction of sp³-hybridized carbons (Fsp3) is 0.575. The normalized spacial score (nSPS) is 20.6. The summed E-state index contributed by atoms with van der Waals surface area (Å²) in [5.74, 6) is 0.605. The van der Waals surface area contributed by atoms with Crippen LogP contribution in [0.25, 0.3) is 0 Å². The Kier molecular flexibility index (Phi) is 17.0. The van der Waals surface area contributed by atoms with Gasteiger partial charge in [-0.15, -0.1) is 0 Å². The summed E-state index contributed by atoms with van der Waals surface area (Å²) in [7, 11) is 0. The molecule has 11 nitrogen and oxygen atoms in total. The summed E-state index contributed by atoms with van der Waals surface area (Å²) in [4.78, 5) is 59.7. The van der Waals surface area contributed by atoms with Gasteiger partial charge in [0.15, 0.2) is 0 Å². The maximum atomic E-state index is 12.4. The molecule has 1 amide bonds. The van der Waals surface area contributed by atoms with Gasteiger partial charge < -0.3 is 29.2 Å². The van der Waals surface area contributed by atoms with E-state index in [1.54, 1.807) is 46.4 Å². The van der Waals surface area contributed by atoms with Gasteiger partial charge in [-0.3, -0.25) is 9.59 Å². The standard InChI is InChI=1S/C17H23NO3.C12H15NO.C10H18O5.CH4/c1-12-11-18(16(20)21-17(2,3)4)14(10-15(12)19)13-8-6-5-7-9-13;1-9-8-13-11(7-12(9)14)10-5-3-2-4-6-10;1-9(2,3)14-7(11)13-8(12)15-10(4,5)6;/h5-9,12,14H,10-11H2,1-4H3;2-6,9,11,13H,7-8H2,1H3;1-6H3;1H4/t12-,14-;9-,11-;;/m11../s1. The Bertz CT molecular complexity index is 1400. The molecule has 4 rings (SSSR count). The third-order valence-corrected chi connectivity index (χ3v) is 7.38. The number of carbonyl (C=O) groups is 5. The molecule has 2 aromatic carbocycles. The zero-order chi connectivity index (χ0) is 37.9. The molecule has 0 bridgehead atoms. The van der Waals surface area contributed by atoms with Crippen LogP contribution in [0.15, 0.2) is 60.7 Å². The van der Waals surface area contributed by atoms with E-state index in [1.807, 2.05) is 83.1 Å². The molecule has 0 unspecified atom stereocenters. The zero-order valence-electron chi connectivity index (χ0n) is 31.5. The fourth-order valence-corrected chi connectivity index (χ4v) is 4.96. The number of hydrogen-bond donors (Lipinski definition) is 1. The molecule has 0 aliphatic carbocycles. The van der Waals surface area contributed by atoms with E-state index < -0.39 is 29.1 Å². The molecule has 2 aliphatic rings. The number of hydrogen-bond acceptors (Lipinski definition) is 10. The van der Waals surface area contributed by atoms with E-state index >= 15 is 0 Å². The van der Waals surface area contributed by atoms with E-state index in [1.165, 1.54) is 5.56 Å². The minimum Gasteiger partial charge on any atom is -0.444 e. The molecule has 4 atom stereocenters. The van der Waals surface area contributed by atoms with Crippen LogP contribution in [0.4, 0.5) is 14.4 Å². The SMILES string of the molecule is C.CC(C)(C)OC(=O)OC(=O)OC(C)(C)C.C[C@@H]1CN(C(=O)OC(C)(C)C)[C@@H](c2ccccc2)CC1=O.C[C@@H]1CN[C@@H](c2ccccc2)CC1=O. The van der Waals surface area contributed by atoms with Crippen LogP contribution in [0, 0.1) is 11.8 Å². The Labute approximate surface area is 304 Å². The van der Waals surface area contributed by atoms with Gasteiger partial charge >= 0.3 is 18.4 Å². The molecule has 0 saturated carbocycles. The highest BCUT2D eigenvalue weighted by molar-refractivity contribution is 5.85. The van der Waals surface area contributed by atoms with Crippen molar-refractivity contribution < 1.29 is 42.9 Å². The predicted octanol–water partition coefficient (Wildman–Crippen LogP) is 9.01. The average Bonchev–Trinajstić information content (AvgIpc) is 2.98. The number of amides is 1. The van der Waals surface area contributed by atoms with Crippen LogP contribution in [-0.4, -0.2) is 64.8 Å². The van der Waals surface area contributed by atoms with Crippen molar-refractivity contribution in [1.29, 1.82) is 0 Å². The van der Waals surface area contributed by atoms with Gasteiger partial charge in [0.2, 0.25) is 0 Å². The fourth-order valence-electron chi connectivity index (χ4n) is 4.96. The summed E-state index contributed by atoms with van der Waals surface area (Å²) in [5, 5.41) is 3.39. The Morgan fingerprint density at radius 3 is 1.51 bits per heavy atom. The van der Waals surface area contributed by atoms with E-state index in [0.717, 1.165) is 12.1 Å². The number of nitrogens with one attached hydrogen (secondary N) is 1. The monoisotopic (exact) mass is 712 g/mol. The molecule has 2 saturated heterocycles. The van der Waals surface area contributed by atoms with Crippen molar-refractivity contribution in [3.05, 3.63) is 71.8 Å². The highest BCUT2D eigenvalue weighted by Gasteiger charge is 2.37. The lowest BCUT2D eigenvalue weighted by molar-refractivity contribution is -0.127. The van der Waals surface area contributed by atoms with Gasteiger partial charge in [0.25, 0.3) is 0 Å². The molecule has 2 aliphatic heterocycles. The first-order chi connectivity index (χ1) is 23.0. The lowest BCUT2D eigenvalue weighted by Crippen LogP contribution is -2.47. The maximum absolute atomic E-state index is 12.4. The van der Waals surface area contributed by atoms with Crippen molar-refractivity contribution in [3.63, 3.8) is 0 Å². The molecular weight excluding hydrogens is 652 g/mol. The molecule has 1 N–H and O–H groups in total. The summed E-state index contributed by atoms with van der Waals surface area (Å²) in [6.07, 6.45) is -1.49. The van der Waals surface area contributed by atoms with Gasteiger partial charge in [-0.05, 0) is 73.4 Å². The molecule has 2 heterocycles. The van der Waals surface area contributed by atoms with Gasteiger partial charge in [0, 0.05) is 43.8 Å². The smallest absolute Gasteiger partial charge is 0.444 e. The van der Waals surface area contributed by atoms with E-state index in [0.29, 0.717) is 25.2 Å². The minimum absolute atomic E-state index is 0. The second-order valence-corrected chi connectivity index (χ2v) is 15.6. The molecule has 11 heteroatoms. The van der Waals surface area contributed by atoms with Crippen LogP contribution < -0.4 is 5.32 Å². The van der Waals surface area contributed by atoms with Crippen LogP contribution in [-0.2, 0) is 28.5 Å². The highest BCUT2D eigenvalue weighted by Crippen LogP contribution is 2.32. The van der Waals surface area contributed by atoms with Crippen LogP contribution in [0.2, 0.25) is 0 Å². The minimum atomic E-state index is -1.06. The second-order valence-electron chi connectivity index (χ2n) is 15.6. The molecule has 51 heavy (non-hydrogen) atoms. The second kappa shape index (κ2) is 19.4. The molecule has 2 aromatic rings. The number of carbonyl (C=O) groups excluding carboxylic acids is 5. The summed E-state index contributed by atoms with van der Waals surface area (Å²) in [6, 6.07) is 19.8. The van der Waals surface area contributed by atoms with Crippen molar-refractivity contribution >= 4 is 30.0 Å². The predicted molar refractivity (Wildman–Crippen MR) is 197 cm³/mol. The number of benzene rings is 2. The summed E-state index contributed by atoms with van der Waals surface area (Å²) < 4.78 is 19.3. The Morgan fingerprint density at radius 1 is 0.647 bits per heavy atom. The first kappa shape index (κ1) is 44.8. The van der Waals surface area contributed by atoms with E-state index in [2.05, 4.69) is 22.2 Å². The number of rotatable bonds is 2. The number of likely N-dealkylation sites (tertiary alicyclic amines) is 1. The van der Waals surface area contributed by atoms with E-state index in [9.17, 15) is 24.0 Å². The molecule has 2 fully saturated rings. The number of piperidine rings is 2. The highest BCUT2D eigenvalue weighted by atomic mass is 16.8. The first-order valence-corrected chi connectivity index (χ1v) is 17.1. The van der Waals surface area contributed by atoms with Crippen molar-refractivity contribution in [1.82, 2.24) is 10.2 Å². The maximum Gasteiger partial charge on any atom is 0.519 e. The Morgan fingerprint density at radius 2 is 1.08 bits per heavy atom. The topological polar surface area (TPSA) is 138 Å². The van der Waals surface area contributed by atoms with Crippen molar-refractivity contribution in [3.8, 4) is 0 Å². The quantitative estimate of drug-likeness (QED) is 0.182. The van der Waals surface area contributed by atoms with Crippen LogP contribution in [0.3, 0.4) is 0 Å². The summed E-state index contributed by atoms with van der Waals surface area (Å²) in [6.45, 7) is 20.6. The van der Waals surface area contributed by atoms with E-state index in [-0.39, 0.29) is 43.2 Å². The number of Topliss-reactive ketones (excluding diaryl/α,β-unsaturated/α-hetero) is 2. The largest absolute Gasteiger partial charge is 0.519 e. The third kappa shape index (κ3) is 17.0. The van der Waals surface area contributed by atoms with Gasteiger partial charge in [0.1, 0.15) is 28.4 Å². The third-order valence-electron chi connectivity index (χ3n) is 7.38. The summed E-state index contributed by atoms with van der Waals surface area (Å²) in [5.41, 5.74) is 0.262. The number of ketones is 2. The van der Waals surface area contributed by atoms with Crippen molar-refractivity contribution in [2.45, 2.75) is 125 Å². The van der Waals surface area contributed by atoms with Crippen LogP contribution >= 0.6 is 0 Å². The van der Waals surface area contributed by atoms with Gasteiger partial charge in [-0.25, -0.2) is 14.4 Å². The van der Waals surface area contributed by atoms with Crippen LogP contribution in [0.1, 0.15) is 120 Å². The van der Waals surface area contributed by atoms with E-state index in [4.69, 9.17) is 14.2 Å². The van der Waals surface area contributed by atoms with Gasteiger partial charge in [-0.2, -0.15) is 0 Å². The zero-order valence-corrected chi connectivity index (χ0v) is 31.5. The average molecular weight is 713 g/mol. The Hall–Kier alpha value is -4.25. The summed E-state index contributed by atoms with van der Waals surface area (Å²) >= 11 is 0. The lowest BCUT2D eigenvalue weighted by Gasteiger charge is -2.38. The van der Waals surface area contributed by atoms with Crippen molar-refractivity contribution in [2.24, 2.45) is 11.8 Å². The van der Waals surface area contributed by atoms with Crippen molar-refractivity contribution in [2.75, 3.05) is 13.1 Å². The van der Waals surface area contributed by atoms with Crippen LogP contribution in [0.5, 0.6) is 0 Å². The van der Waals surface area contributed by atoms with Gasteiger partial charge in [0.05, 0.1) is 6.04 Å². The molecule has 0 aromatic heterocycles. The molecule has 284 valence electrons. The molecular formula is C40H60N2O9. The molecule has 0 spiro atoms. The number of nitrogens with zero attached hydrogens (tertiary/aromatic N) is 1. The molecule has 0 radical (unpaired) electrons. The Balaban J connectivity index is 0.000000390. The van der Waals surface area contributed by atoms with Gasteiger partial charge in [-0.1, -0.05) is 81.9 Å². The number of ether oxygens (including phenoxy) is 4. The lowest BCUT2D eigenvalue weighted by atomic mass is 9.89. The first-order valence-electron chi connectivity index (χ1n) is 17.1.